The smallest absolute Gasteiger partial charge is 0.228 e. The van der Waals surface area contributed by atoms with Crippen LogP contribution in [0.3, 0.4) is 0 Å². The largest absolute Gasteiger partial charge is 0.345 e. The summed E-state index contributed by atoms with van der Waals surface area (Å²) < 4.78 is 0. The van der Waals surface area contributed by atoms with Gasteiger partial charge in [0.1, 0.15) is 0 Å². The first kappa shape index (κ1) is 22.9. The number of unbranched alkanes of at least 4 members (excludes halogenated alkanes) is 1. The van der Waals surface area contributed by atoms with Gasteiger partial charge in [0.15, 0.2) is 0 Å². The molecule has 2 atom stereocenters. The molecule has 0 heterocycles. The summed E-state index contributed by atoms with van der Waals surface area (Å²) in [6.07, 6.45) is 11.1. The van der Waals surface area contributed by atoms with Crippen molar-refractivity contribution in [3.63, 3.8) is 0 Å². The molecular weight excluding hydrogens is 296 g/mol. The maximum absolute atomic E-state index is 12.2. The zero-order valence-electron chi connectivity index (χ0n) is 17.1. The quantitative estimate of drug-likeness (QED) is 0.474. The summed E-state index contributed by atoms with van der Waals surface area (Å²) in [5.41, 5.74) is 1.23. The molecular formula is C21H40N2O. The Bertz CT molecular complexity index is 401. The van der Waals surface area contributed by atoms with Crippen molar-refractivity contribution >= 4 is 5.91 Å². The van der Waals surface area contributed by atoms with E-state index in [1.54, 1.807) is 0 Å². The van der Waals surface area contributed by atoms with Crippen molar-refractivity contribution < 1.29 is 4.79 Å². The normalized spacial score (nSPS) is 15.1. The Balaban J connectivity index is 4.71. The van der Waals surface area contributed by atoms with Gasteiger partial charge < -0.3 is 4.90 Å². The zero-order chi connectivity index (χ0) is 18.5. The molecule has 1 amide bonds. The van der Waals surface area contributed by atoms with Crippen molar-refractivity contribution in [2.75, 3.05) is 26.7 Å². The van der Waals surface area contributed by atoms with Crippen LogP contribution in [0.25, 0.3) is 0 Å². The molecule has 0 aliphatic carbocycles. The highest BCUT2D eigenvalue weighted by Crippen LogP contribution is 2.10. The molecule has 0 aromatic carbocycles. The third-order valence-corrected chi connectivity index (χ3v) is 4.36. The Morgan fingerprint density at radius 3 is 2.17 bits per heavy atom. The summed E-state index contributed by atoms with van der Waals surface area (Å²) in [6.45, 7) is 16.1. The van der Waals surface area contributed by atoms with Gasteiger partial charge in [0.2, 0.25) is 5.91 Å². The van der Waals surface area contributed by atoms with Gasteiger partial charge in [-0.1, -0.05) is 57.9 Å². The van der Waals surface area contributed by atoms with Gasteiger partial charge in [-0.3, -0.25) is 9.69 Å². The average molecular weight is 337 g/mol. The summed E-state index contributed by atoms with van der Waals surface area (Å²) in [5.74, 6) is 0.136. The van der Waals surface area contributed by atoms with Crippen molar-refractivity contribution in [2.24, 2.45) is 5.92 Å². The molecule has 0 saturated carbocycles. The third-order valence-electron chi connectivity index (χ3n) is 4.36. The van der Waals surface area contributed by atoms with Gasteiger partial charge in [-0.25, -0.2) is 0 Å². The Hall–Kier alpha value is -1.09. The van der Waals surface area contributed by atoms with Crippen LogP contribution in [0.15, 0.2) is 23.8 Å². The molecule has 0 aliphatic heterocycles. The number of nitrogens with zero attached hydrogens (tertiary/aromatic N) is 2. The van der Waals surface area contributed by atoms with Gasteiger partial charge in [0.05, 0.1) is 5.92 Å². The standard InChI is InChI=1S/C21H40N2O/c1-8-11-16-23(15-10-3)20(6)17-18(4)12-13-19(5)21(24)22(7)14-9-2/h12-13,17,19-20H,8-11,14-16H2,1-7H3/b13-12-,18-17-. The predicted molar refractivity (Wildman–Crippen MR) is 106 cm³/mol. The lowest BCUT2D eigenvalue weighted by molar-refractivity contribution is -0.132. The molecule has 2 unspecified atom stereocenters. The number of hydrogen-bond donors (Lipinski definition) is 0. The molecule has 0 fully saturated rings. The van der Waals surface area contributed by atoms with Crippen LogP contribution < -0.4 is 0 Å². The highest BCUT2D eigenvalue weighted by molar-refractivity contribution is 5.79. The summed E-state index contributed by atoms with van der Waals surface area (Å²) >= 11 is 0. The topological polar surface area (TPSA) is 23.6 Å². The highest BCUT2D eigenvalue weighted by atomic mass is 16.2. The van der Waals surface area contributed by atoms with Gasteiger partial charge in [-0.05, 0) is 46.2 Å². The van der Waals surface area contributed by atoms with Gasteiger partial charge in [0.25, 0.3) is 0 Å². The summed E-state index contributed by atoms with van der Waals surface area (Å²) in [7, 11) is 1.89. The predicted octanol–water partition coefficient (Wildman–Crippen LogP) is 4.89. The molecule has 0 aliphatic rings. The lowest BCUT2D eigenvalue weighted by Crippen LogP contribution is -2.33. The molecule has 140 valence electrons. The van der Waals surface area contributed by atoms with Crippen LogP contribution in [-0.2, 0) is 4.79 Å². The van der Waals surface area contributed by atoms with Crippen LogP contribution in [-0.4, -0.2) is 48.4 Å². The molecule has 3 heteroatoms. The molecule has 0 spiro atoms. The molecule has 0 aromatic rings. The first-order chi connectivity index (χ1) is 11.4. The Morgan fingerprint density at radius 2 is 1.62 bits per heavy atom. The van der Waals surface area contributed by atoms with Crippen LogP contribution in [0.4, 0.5) is 0 Å². The second-order valence-corrected chi connectivity index (χ2v) is 6.95. The van der Waals surface area contributed by atoms with E-state index in [1.807, 2.05) is 24.9 Å². The monoisotopic (exact) mass is 336 g/mol. The summed E-state index contributed by atoms with van der Waals surface area (Å²) in [4.78, 5) is 16.6. The van der Waals surface area contributed by atoms with Crippen LogP contribution in [0, 0.1) is 5.92 Å². The van der Waals surface area contributed by atoms with E-state index in [4.69, 9.17) is 0 Å². The number of carbonyl (C=O) groups excluding carboxylic acids is 1. The Labute approximate surface area is 150 Å². The van der Waals surface area contributed by atoms with E-state index in [0.717, 1.165) is 26.1 Å². The molecule has 0 bridgehead atoms. The number of carbonyl (C=O) groups is 1. The van der Waals surface area contributed by atoms with Crippen molar-refractivity contribution in [3.05, 3.63) is 23.8 Å². The maximum atomic E-state index is 12.2. The third kappa shape index (κ3) is 9.27. The van der Waals surface area contributed by atoms with E-state index in [9.17, 15) is 4.79 Å². The first-order valence-corrected chi connectivity index (χ1v) is 9.72. The van der Waals surface area contributed by atoms with Crippen molar-refractivity contribution in [2.45, 2.75) is 73.3 Å². The van der Waals surface area contributed by atoms with E-state index in [2.05, 4.69) is 51.7 Å². The minimum atomic E-state index is -0.0629. The van der Waals surface area contributed by atoms with Crippen LogP contribution in [0.1, 0.15) is 67.2 Å². The van der Waals surface area contributed by atoms with Gasteiger partial charge in [-0.2, -0.15) is 0 Å². The number of rotatable bonds is 12. The van der Waals surface area contributed by atoms with E-state index in [1.165, 1.54) is 24.8 Å². The summed E-state index contributed by atoms with van der Waals surface area (Å²) in [6, 6.07) is 0.440. The Kier molecular flexibility index (Phi) is 12.6. The second kappa shape index (κ2) is 13.2. The number of amides is 1. The molecule has 0 aromatic heterocycles. The molecule has 3 nitrogen and oxygen atoms in total. The number of allylic oxidation sites excluding steroid dienone is 2. The summed E-state index contributed by atoms with van der Waals surface area (Å²) in [5, 5.41) is 0. The minimum Gasteiger partial charge on any atom is -0.345 e. The van der Waals surface area contributed by atoms with E-state index in [0.29, 0.717) is 6.04 Å². The molecule has 0 N–H and O–H groups in total. The fraction of sp³-hybridized carbons (Fsp3) is 0.762. The lowest BCUT2D eigenvalue weighted by atomic mass is 10.1. The van der Waals surface area contributed by atoms with Gasteiger partial charge in [-0.15, -0.1) is 0 Å². The van der Waals surface area contributed by atoms with Crippen molar-refractivity contribution in [3.8, 4) is 0 Å². The van der Waals surface area contributed by atoms with E-state index in [-0.39, 0.29) is 11.8 Å². The average Bonchev–Trinajstić information content (AvgIpc) is 2.55. The number of hydrogen-bond acceptors (Lipinski definition) is 2. The van der Waals surface area contributed by atoms with Gasteiger partial charge in [0, 0.05) is 19.6 Å². The Morgan fingerprint density at radius 1 is 1.00 bits per heavy atom. The molecule has 0 saturated heterocycles. The van der Waals surface area contributed by atoms with Crippen LogP contribution in [0.2, 0.25) is 0 Å². The molecule has 0 rings (SSSR count). The van der Waals surface area contributed by atoms with Gasteiger partial charge >= 0.3 is 0 Å². The highest BCUT2D eigenvalue weighted by Gasteiger charge is 2.14. The zero-order valence-corrected chi connectivity index (χ0v) is 17.1. The van der Waals surface area contributed by atoms with E-state index >= 15 is 0 Å². The SMILES string of the molecule is CCCCN(CCC)C(C)/C=C(C)\C=C/C(C)C(=O)N(C)CCC. The fourth-order valence-corrected chi connectivity index (χ4v) is 2.88. The van der Waals surface area contributed by atoms with E-state index < -0.39 is 0 Å². The van der Waals surface area contributed by atoms with Crippen LogP contribution in [0.5, 0.6) is 0 Å². The fourth-order valence-electron chi connectivity index (χ4n) is 2.88. The second-order valence-electron chi connectivity index (χ2n) is 6.95. The van der Waals surface area contributed by atoms with Crippen molar-refractivity contribution in [1.29, 1.82) is 0 Å². The maximum Gasteiger partial charge on any atom is 0.228 e. The van der Waals surface area contributed by atoms with Crippen molar-refractivity contribution in [1.82, 2.24) is 9.80 Å². The lowest BCUT2D eigenvalue weighted by Gasteiger charge is -2.27. The molecule has 0 radical (unpaired) electrons. The molecule has 24 heavy (non-hydrogen) atoms. The minimum absolute atomic E-state index is 0.0629. The van der Waals surface area contributed by atoms with Crippen LogP contribution >= 0.6 is 0 Å². The first-order valence-electron chi connectivity index (χ1n) is 9.72.